The van der Waals surface area contributed by atoms with Gasteiger partial charge in [-0.2, -0.15) is 0 Å². The van der Waals surface area contributed by atoms with Gasteiger partial charge in [0.25, 0.3) is 0 Å². The Hall–Kier alpha value is -0.160. The van der Waals surface area contributed by atoms with Gasteiger partial charge in [-0.25, -0.2) is 0 Å². The maximum absolute atomic E-state index is 5.57. The maximum Gasteiger partial charge on any atom is 0.170 e. The zero-order chi connectivity index (χ0) is 11.8. The molecule has 0 amide bonds. The van der Waals surface area contributed by atoms with Crippen LogP contribution in [0.5, 0.6) is 0 Å². The number of ether oxygens (including phenoxy) is 3. The second kappa shape index (κ2) is 8.01. The molecule has 0 aliphatic carbocycles. The molecule has 96 valence electrons. The first-order chi connectivity index (χ1) is 7.77. The normalized spacial score (nSPS) is 23.6. The second-order valence-electron chi connectivity index (χ2n) is 4.09. The topological polar surface area (TPSA) is 30.9 Å². The number of hydrogen-bond donors (Lipinski definition) is 0. The molecule has 16 heavy (non-hydrogen) atoms. The van der Waals surface area contributed by atoms with Crippen molar-refractivity contribution in [1.82, 2.24) is 4.90 Å². The fourth-order valence-electron chi connectivity index (χ4n) is 1.93. The molecule has 0 aromatic rings. The van der Waals surface area contributed by atoms with Crippen LogP contribution >= 0.6 is 0 Å². The Morgan fingerprint density at radius 3 is 2.56 bits per heavy atom. The fraction of sp³-hybridized carbons (Fsp3) is 1.00. The molecular weight excluding hydrogens is 206 g/mol. The van der Waals surface area contributed by atoms with Crippen molar-refractivity contribution in [2.24, 2.45) is 0 Å². The van der Waals surface area contributed by atoms with Gasteiger partial charge in [-0.15, -0.1) is 0 Å². The molecular formula is C12H25NO3. The summed E-state index contributed by atoms with van der Waals surface area (Å²) in [5, 5.41) is 0. The van der Waals surface area contributed by atoms with Crippen LogP contribution in [-0.4, -0.2) is 56.7 Å². The minimum Gasteiger partial charge on any atom is -0.380 e. The van der Waals surface area contributed by atoms with E-state index >= 15 is 0 Å². The summed E-state index contributed by atoms with van der Waals surface area (Å²) in [7, 11) is 0. The monoisotopic (exact) mass is 231 g/mol. The van der Waals surface area contributed by atoms with Crippen LogP contribution < -0.4 is 0 Å². The lowest BCUT2D eigenvalue weighted by molar-refractivity contribution is -0.149. The molecule has 1 atom stereocenters. The van der Waals surface area contributed by atoms with Gasteiger partial charge in [0.15, 0.2) is 6.29 Å². The van der Waals surface area contributed by atoms with Crippen LogP contribution in [0.2, 0.25) is 0 Å². The van der Waals surface area contributed by atoms with E-state index in [9.17, 15) is 0 Å². The van der Waals surface area contributed by atoms with E-state index in [0.29, 0.717) is 19.3 Å². The Morgan fingerprint density at radius 2 is 1.94 bits per heavy atom. The lowest BCUT2D eigenvalue weighted by Crippen LogP contribution is -2.41. The summed E-state index contributed by atoms with van der Waals surface area (Å²) in [6, 6.07) is 0.547. The van der Waals surface area contributed by atoms with Crippen LogP contribution in [0.15, 0.2) is 0 Å². The first-order valence-corrected chi connectivity index (χ1v) is 6.32. The summed E-state index contributed by atoms with van der Waals surface area (Å²) < 4.78 is 16.6. The third-order valence-electron chi connectivity index (χ3n) is 2.91. The highest BCUT2D eigenvalue weighted by atomic mass is 16.7. The standard InChI is InChI=1S/C12H25NO3/c1-4-15-12(16-5-2)10-13-7-9-14-8-6-11(13)3/h11-12H,4-10H2,1-3H3. The molecule has 1 saturated heterocycles. The molecule has 1 aliphatic rings. The van der Waals surface area contributed by atoms with E-state index < -0.39 is 0 Å². The second-order valence-corrected chi connectivity index (χ2v) is 4.09. The molecule has 1 fully saturated rings. The van der Waals surface area contributed by atoms with Crippen LogP contribution in [0.25, 0.3) is 0 Å². The fourth-order valence-corrected chi connectivity index (χ4v) is 1.93. The Kier molecular flexibility index (Phi) is 6.96. The Balaban J connectivity index is 2.40. The van der Waals surface area contributed by atoms with Gasteiger partial charge in [0.2, 0.25) is 0 Å². The number of nitrogens with zero attached hydrogens (tertiary/aromatic N) is 1. The summed E-state index contributed by atoms with van der Waals surface area (Å²) in [5.41, 5.74) is 0. The van der Waals surface area contributed by atoms with Gasteiger partial charge in [-0.05, 0) is 27.2 Å². The van der Waals surface area contributed by atoms with E-state index in [1.54, 1.807) is 0 Å². The molecule has 1 unspecified atom stereocenters. The van der Waals surface area contributed by atoms with Crippen molar-refractivity contribution in [3.63, 3.8) is 0 Å². The third kappa shape index (κ3) is 4.78. The number of rotatable bonds is 6. The molecule has 0 radical (unpaired) electrons. The van der Waals surface area contributed by atoms with Gasteiger partial charge in [0.1, 0.15) is 0 Å². The SMILES string of the molecule is CCOC(CN1CCOCCC1C)OCC. The third-order valence-corrected chi connectivity index (χ3v) is 2.91. The van der Waals surface area contributed by atoms with Crippen molar-refractivity contribution in [3.05, 3.63) is 0 Å². The van der Waals surface area contributed by atoms with Crippen molar-refractivity contribution in [3.8, 4) is 0 Å². The zero-order valence-electron chi connectivity index (χ0n) is 10.8. The minimum atomic E-state index is -0.101. The van der Waals surface area contributed by atoms with E-state index in [-0.39, 0.29) is 6.29 Å². The molecule has 4 heteroatoms. The van der Waals surface area contributed by atoms with E-state index in [2.05, 4.69) is 11.8 Å². The largest absolute Gasteiger partial charge is 0.380 e. The van der Waals surface area contributed by atoms with Crippen molar-refractivity contribution >= 4 is 0 Å². The highest BCUT2D eigenvalue weighted by Crippen LogP contribution is 2.10. The van der Waals surface area contributed by atoms with E-state index in [1.165, 1.54) is 0 Å². The molecule has 1 aliphatic heterocycles. The Morgan fingerprint density at radius 1 is 1.25 bits per heavy atom. The van der Waals surface area contributed by atoms with Crippen LogP contribution in [0.3, 0.4) is 0 Å². The van der Waals surface area contributed by atoms with Gasteiger partial charge in [0, 0.05) is 39.0 Å². The smallest absolute Gasteiger partial charge is 0.170 e. The van der Waals surface area contributed by atoms with Crippen LogP contribution in [0.1, 0.15) is 27.2 Å². The zero-order valence-corrected chi connectivity index (χ0v) is 10.8. The maximum atomic E-state index is 5.57. The lowest BCUT2D eigenvalue weighted by Gasteiger charge is -2.29. The van der Waals surface area contributed by atoms with Crippen molar-refractivity contribution < 1.29 is 14.2 Å². The molecule has 0 aromatic carbocycles. The summed E-state index contributed by atoms with van der Waals surface area (Å²) in [5.74, 6) is 0. The van der Waals surface area contributed by atoms with Crippen molar-refractivity contribution in [2.45, 2.75) is 39.5 Å². The molecule has 0 aromatic heterocycles. The molecule has 1 rings (SSSR count). The van der Waals surface area contributed by atoms with Gasteiger partial charge in [-0.3, -0.25) is 4.90 Å². The summed E-state index contributed by atoms with van der Waals surface area (Å²) in [6.07, 6.45) is 0.987. The van der Waals surface area contributed by atoms with E-state index in [0.717, 1.165) is 32.7 Å². The predicted molar refractivity (Wildman–Crippen MR) is 63.5 cm³/mol. The summed E-state index contributed by atoms with van der Waals surface area (Å²) in [4.78, 5) is 2.39. The molecule has 0 spiro atoms. The average molecular weight is 231 g/mol. The van der Waals surface area contributed by atoms with Crippen LogP contribution in [0, 0.1) is 0 Å². The van der Waals surface area contributed by atoms with Gasteiger partial charge in [0.05, 0.1) is 6.61 Å². The van der Waals surface area contributed by atoms with Gasteiger partial charge < -0.3 is 14.2 Å². The van der Waals surface area contributed by atoms with E-state index in [1.807, 2.05) is 13.8 Å². The van der Waals surface area contributed by atoms with Crippen LogP contribution in [-0.2, 0) is 14.2 Å². The summed E-state index contributed by atoms with van der Waals surface area (Å²) >= 11 is 0. The van der Waals surface area contributed by atoms with Crippen molar-refractivity contribution in [2.75, 3.05) is 39.5 Å². The summed E-state index contributed by atoms with van der Waals surface area (Å²) in [6.45, 7) is 11.1. The highest BCUT2D eigenvalue weighted by Gasteiger charge is 2.21. The van der Waals surface area contributed by atoms with E-state index in [4.69, 9.17) is 14.2 Å². The number of hydrogen-bond acceptors (Lipinski definition) is 4. The first-order valence-electron chi connectivity index (χ1n) is 6.32. The molecule has 4 nitrogen and oxygen atoms in total. The molecule has 1 heterocycles. The van der Waals surface area contributed by atoms with Gasteiger partial charge >= 0.3 is 0 Å². The average Bonchev–Trinajstić information content (AvgIpc) is 2.45. The molecule has 0 N–H and O–H groups in total. The minimum absolute atomic E-state index is 0.101. The lowest BCUT2D eigenvalue weighted by atomic mass is 10.2. The van der Waals surface area contributed by atoms with Gasteiger partial charge in [-0.1, -0.05) is 0 Å². The molecule has 0 saturated carbocycles. The van der Waals surface area contributed by atoms with Crippen LogP contribution in [0.4, 0.5) is 0 Å². The quantitative estimate of drug-likeness (QED) is 0.648. The van der Waals surface area contributed by atoms with Crippen molar-refractivity contribution in [1.29, 1.82) is 0 Å². The Bertz CT molecular complexity index is 172. The predicted octanol–water partition coefficient (Wildman–Crippen LogP) is 1.50. The first kappa shape index (κ1) is 13.9. The molecule has 0 bridgehead atoms. The Labute approximate surface area is 98.8 Å². The highest BCUT2D eigenvalue weighted by molar-refractivity contribution is 4.71.